The second kappa shape index (κ2) is 26.2. The standard InChI is InChI=1S/C50H59N7O7S/c1-7-11-13-35(9-3)49(60)63-28-25-56(26-29-64-50(61)36(10-4)14-12-8-2)41-21-19-40(20-22-41)55-54-39-17-15-37(16-18-39)43-23-24-44(65-43)45-42(33-53)46(38(31-51)32-52)57(47(45)58)27-30-62-48(59)34(5)6/h15-24,34-36H,7-14,25-30H2,1-6H3. The Labute approximate surface area is 386 Å². The van der Waals surface area contributed by atoms with E-state index in [9.17, 15) is 35.0 Å². The lowest BCUT2D eigenvalue weighted by molar-refractivity contribution is -0.149. The molecule has 0 N–H and O–H groups in total. The van der Waals surface area contributed by atoms with Crippen LogP contribution in [0.1, 0.15) is 97.8 Å². The fraction of sp³-hybridized carbons (Fsp3) is 0.460. The first-order chi connectivity index (χ1) is 31.4. The Kier molecular flexibility index (Phi) is 20.6. The molecule has 14 nitrogen and oxygen atoms in total. The second-order valence-electron chi connectivity index (χ2n) is 15.8. The molecule has 2 unspecified atom stereocenters. The van der Waals surface area contributed by atoms with Gasteiger partial charge < -0.3 is 24.0 Å². The molecule has 0 saturated carbocycles. The number of nitriles is 3. The molecule has 15 heteroatoms. The Balaban J connectivity index is 1.46. The van der Waals surface area contributed by atoms with Crippen LogP contribution < -0.4 is 4.90 Å². The molecule has 2 aromatic carbocycles. The molecular weight excluding hydrogens is 843 g/mol. The Morgan fingerprint density at radius 2 is 1.22 bits per heavy atom. The van der Waals surface area contributed by atoms with Gasteiger partial charge in [0, 0.05) is 15.4 Å². The number of ether oxygens (including phenoxy) is 3. The molecule has 1 aliphatic heterocycles. The molecule has 0 spiro atoms. The van der Waals surface area contributed by atoms with Crippen molar-refractivity contribution in [3.05, 3.63) is 82.4 Å². The molecule has 0 fully saturated rings. The minimum absolute atomic E-state index is 0.0641. The number of esters is 3. The van der Waals surface area contributed by atoms with Crippen LogP contribution in [-0.2, 0) is 33.4 Å². The van der Waals surface area contributed by atoms with Crippen LogP contribution in [0.15, 0.2) is 87.7 Å². The van der Waals surface area contributed by atoms with E-state index in [1.54, 1.807) is 44.2 Å². The van der Waals surface area contributed by atoms with E-state index in [0.717, 1.165) is 72.4 Å². The van der Waals surface area contributed by atoms with Gasteiger partial charge in [0.1, 0.15) is 38.0 Å². The molecule has 4 rings (SSSR count). The fourth-order valence-electron chi connectivity index (χ4n) is 7.10. The van der Waals surface area contributed by atoms with Crippen LogP contribution >= 0.6 is 11.3 Å². The van der Waals surface area contributed by atoms with Crippen LogP contribution in [0, 0.1) is 51.7 Å². The van der Waals surface area contributed by atoms with Gasteiger partial charge >= 0.3 is 17.9 Å². The number of thiophene rings is 1. The van der Waals surface area contributed by atoms with E-state index in [0.29, 0.717) is 29.3 Å². The maximum absolute atomic E-state index is 13.8. The monoisotopic (exact) mass is 901 g/mol. The normalized spacial score (nSPS) is 13.3. The number of hydrogen-bond acceptors (Lipinski definition) is 14. The lowest BCUT2D eigenvalue weighted by Gasteiger charge is -2.25. The second-order valence-corrected chi connectivity index (χ2v) is 16.9. The first kappa shape index (κ1) is 51.0. The number of nitrogens with zero attached hydrogens (tertiary/aromatic N) is 7. The van der Waals surface area contributed by atoms with Crippen molar-refractivity contribution in [2.45, 2.75) is 92.9 Å². The molecule has 0 radical (unpaired) electrons. The maximum atomic E-state index is 13.8. The third kappa shape index (κ3) is 14.2. The summed E-state index contributed by atoms with van der Waals surface area (Å²) < 4.78 is 16.7. The van der Waals surface area contributed by atoms with Crippen molar-refractivity contribution in [3.8, 4) is 28.6 Å². The van der Waals surface area contributed by atoms with Crippen LogP contribution in [0.2, 0.25) is 0 Å². The van der Waals surface area contributed by atoms with Gasteiger partial charge in [-0.15, -0.1) is 11.3 Å². The van der Waals surface area contributed by atoms with E-state index in [1.807, 2.05) is 67.3 Å². The summed E-state index contributed by atoms with van der Waals surface area (Å²) in [4.78, 5) is 55.9. The summed E-state index contributed by atoms with van der Waals surface area (Å²) in [6.07, 6.45) is 7.07. The molecule has 1 amide bonds. The van der Waals surface area contributed by atoms with E-state index in [2.05, 4.69) is 24.1 Å². The number of carbonyl (C=O) groups is 4. The quantitative estimate of drug-likeness (QED) is 0.0339. The molecule has 3 aromatic rings. The fourth-order valence-corrected chi connectivity index (χ4v) is 8.16. The topological polar surface area (TPSA) is 199 Å². The van der Waals surface area contributed by atoms with Crippen LogP contribution in [0.25, 0.3) is 16.0 Å². The van der Waals surface area contributed by atoms with Crippen LogP contribution in [-0.4, -0.2) is 68.2 Å². The molecule has 0 saturated heterocycles. The van der Waals surface area contributed by atoms with Gasteiger partial charge in [0.05, 0.1) is 65.6 Å². The van der Waals surface area contributed by atoms with Crippen LogP contribution in [0.5, 0.6) is 0 Å². The number of rotatable bonds is 25. The zero-order chi connectivity index (χ0) is 47.3. The Morgan fingerprint density at radius 3 is 1.69 bits per heavy atom. The van der Waals surface area contributed by atoms with Crippen molar-refractivity contribution < 1.29 is 33.4 Å². The van der Waals surface area contributed by atoms with E-state index in [-0.39, 0.29) is 72.9 Å². The van der Waals surface area contributed by atoms with Gasteiger partial charge in [-0.05, 0) is 79.8 Å². The van der Waals surface area contributed by atoms with Crippen molar-refractivity contribution in [1.29, 1.82) is 15.8 Å². The van der Waals surface area contributed by atoms with Gasteiger partial charge in [-0.2, -0.15) is 26.0 Å². The average Bonchev–Trinajstić information content (AvgIpc) is 3.91. The summed E-state index contributed by atoms with van der Waals surface area (Å²) >= 11 is 1.27. The number of anilines is 1. The summed E-state index contributed by atoms with van der Waals surface area (Å²) in [6, 6.07) is 24.0. The van der Waals surface area contributed by atoms with E-state index >= 15 is 0 Å². The van der Waals surface area contributed by atoms with Crippen molar-refractivity contribution in [2.24, 2.45) is 28.0 Å². The van der Waals surface area contributed by atoms with Crippen molar-refractivity contribution in [1.82, 2.24) is 4.90 Å². The number of hydrogen-bond donors (Lipinski definition) is 0. The number of allylic oxidation sites excluding steroid dienone is 2. The Bertz CT molecular complexity index is 2280. The van der Waals surface area contributed by atoms with Gasteiger partial charge in [-0.25, -0.2) is 0 Å². The van der Waals surface area contributed by atoms with Gasteiger partial charge in [0.15, 0.2) is 5.57 Å². The van der Waals surface area contributed by atoms with Gasteiger partial charge in [0.25, 0.3) is 5.91 Å². The largest absolute Gasteiger partial charge is 0.464 e. The minimum Gasteiger partial charge on any atom is -0.464 e. The first-order valence-electron chi connectivity index (χ1n) is 22.4. The molecule has 2 heterocycles. The summed E-state index contributed by atoms with van der Waals surface area (Å²) in [5, 5.41) is 38.4. The van der Waals surface area contributed by atoms with Crippen LogP contribution in [0.4, 0.5) is 17.1 Å². The first-order valence-corrected chi connectivity index (χ1v) is 23.2. The predicted molar refractivity (Wildman–Crippen MR) is 249 cm³/mol. The highest BCUT2D eigenvalue weighted by Gasteiger charge is 2.39. The molecule has 1 aliphatic rings. The third-order valence-electron chi connectivity index (χ3n) is 11.0. The van der Waals surface area contributed by atoms with Crippen molar-refractivity contribution >= 4 is 57.8 Å². The zero-order valence-corrected chi connectivity index (χ0v) is 39.1. The molecule has 1 aromatic heterocycles. The van der Waals surface area contributed by atoms with E-state index < -0.39 is 17.4 Å². The highest BCUT2D eigenvalue weighted by Crippen LogP contribution is 2.41. The van der Waals surface area contributed by atoms with E-state index in [4.69, 9.17) is 14.2 Å². The lowest BCUT2D eigenvalue weighted by atomic mass is 10.00. The Hall–Kier alpha value is -6.63. The molecule has 65 heavy (non-hydrogen) atoms. The number of azo groups is 1. The SMILES string of the molecule is CCCCC(CC)C(=O)OCCN(CCOC(=O)C(CC)CCCC)c1ccc(N=Nc2ccc(-c3ccc(C4=C(C#N)C(=C(C#N)C#N)N(CCOC(=O)C(C)C)C4=O)s3)cc2)cc1. The van der Waals surface area contributed by atoms with Crippen molar-refractivity contribution in [2.75, 3.05) is 44.4 Å². The van der Waals surface area contributed by atoms with Gasteiger partial charge in [0.2, 0.25) is 0 Å². The summed E-state index contributed by atoms with van der Waals surface area (Å²) in [6.45, 7) is 12.5. The number of carbonyl (C=O) groups excluding carboxylic acids is 4. The summed E-state index contributed by atoms with van der Waals surface area (Å²) in [7, 11) is 0. The third-order valence-corrected chi connectivity index (χ3v) is 12.1. The number of unbranched alkanes of at least 4 members (excludes halogenated alkanes) is 2. The van der Waals surface area contributed by atoms with E-state index in [1.165, 1.54) is 11.3 Å². The maximum Gasteiger partial charge on any atom is 0.308 e. The lowest BCUT2D eigenvalue weighted by Crippen LogP contribution is -2.33. The molecule has 0 bridgehead atoms. The van der Waals surface area contributed by atoms with Crippen molar-refractivity contribution in [3.63, 3.8) is 0 Å². The average molecular weight is 902 g/mol. The number of amides is 1. The molecule has 342 valence electrons. The van der Waals surface area contributed by atoms with Gasteiger partial charge in [-0.1, -0.05) is 79.4 Å². The summed E-state index contributed by atoms with van der Waals surface area (Å²) in [5.74, 6) is -2.02. The van der Waals surface area contributed by atoms with Gasteiger partial charge in [-0.3, -0.25) is 19.2 Å². The highest BCUT2D eigenvalue weighted by molar-refractivity contribution is 7.17. The smallest absolute Gasteiger partial charge is 0.308 e. The number of benzene rings is 2. The minimum atomic E-state index is -0.572. The molecule has 0 aliphatic carbocycles. The van der Waals surface area contributed by atoms with Crippen LogP contribution in [0.3, 0.4) is 0 Å². The highest BCUT2D eigenvalue weighted by atomic mass is 32.1. The zero-order valence-electron chi connectivity index (χ0n) is 38.3. The summed E-state index contributed by atoms with van der Waals surface area (Å²) in [5.41, 5.74) is 2.36. The Morgan fingerprint density at radius 1 is 0.708 bits per heavy atom. The molecule has 2 atom stereocenters. The predicted octanol–water partition coefficient (Wildman–Crippen LogP) is 10.8. The molecular formula is C50H59N7O7S.